The van der Waals surface area contributed by atoms with Crippen LogP contribution >= 0.6 is 11.3 Å². The van der Waals surface area contributed by atoms with Crippen LogP contribution < -0.4 is 5.32 Å². The van der Waals surface area contributed by atoms with Gasteiger partial charge in [-0.1, -0.05) is 18.2 Å². The first-order valence-electron chi connectivity index (χ1n) is 7.32. The number of hydrogen-bond acceptors (Lipinski definition) is 5. The Morgan fingerprint density at radius 1 is 1.30 bits per heavy atom. The lowest BCUT2D eigenvalue weighted by atomic mass is 10.1. The van der Waals surface area contributed by atoms with Crippen molar-refractivity contribution in [2.24, 2.45) is 0 Å². The minimum absolute atomic E-state index is 0.0343. The Labute approximate surface area is 139 Å². The van der Waals surface area contributed by atoms with Gasteiger partial charge in [0.2, 0.25) is 0 Å². The first kappa shape index (κ1) is 15.4. The summed E-state index contributed by atoms with van der Waals surface area (Å²) in [4.78, 5) is 23.5. The fraction of sp³-hybridized carbons (Fsp3) is 0.235. The van der Waals surface area contributed by atoms with Gasteiger partial charge in [-0.2, -0.15) is 0 Å². The SMILES string of the molecule is CNc1cc(C(=O)N(C)Cc2nc(C)cs2)c2ccccc2n1. The molecule has 2 aromatic heterocycles. The summed E-state index contributed by atoms with van der Waals surface area (Å²) in [5, 5.41) is 6.80. The number of fused-ring (bicyclic) bond motifs is 1. The summed E-state index contributed by atoms with van der Waals surface area (Å²) >= 11 is 1.57. The zero-order valence-electron chi connectivity index (χ0n) is 13.3. The topological polar surface area (TPSA) is 58.1 Å². The summed E-state index contributed by atoms with van der Waals surface area (Å²) in [6, 6.07) is 9.48. The van der Waals surface area contributed by atoms with Crippen molar-refractivity contribution in [3.8, 4) is 0 Å². The van der Waals surface area contributed by atoms with E-state index in [-0.39, 0.29) is 5.91 Å². The molecule has 5 nitrogen and oxygen atoms in total. The Morgan fingerprint density at radius 2 is 2.09 bits per heavy atom. The van der Waals surface area contributed by atoms with Crippen molar-refractivity contribution in [2.45, 2.75) is 13.5 Å². The van der Waals surface area contributed by atoms with Crippen LogP contribution in [0.15, 0.2) is 35.7 Å². The average molecular weight is 326 g/mol. The number of nitrogens with one attached hydrogen (secondary N) is 1. The van der Waals surface area contributed by atoms with Crippen molar-refractivity contribution < 1.29 is 4.79 Å². The molecule has 1 aromatic carbocycles. The van der Waals surface area contributed by atoms with E-state index in [1.54, 1.807) is 36.4 Å². The molecule has 0 unspecified atom stereocenters. The molecule has 0 saturated heterocycles. The molecule has 118 valence electrons. The third kappa shape index (κ3) is 3.17. The molecule has 0 aliphatic rings. The molecular weight excluding hydrogens is 308 g/mol. The molecule has 2 heterocycles. The third-order valence-electron chi connectivity index (χ3n) is 3.59. The van der Waals surface area contributed by atoms with E-state index in [0.29, 0.717) is 17.9 Å². The molecule has 0 saturated carbocycles. The fourth-order valence-corrected chi connectivity index (χ4v) is 3.26. The third-order valence-corrected chi connectivity index (χ3v) is 4.54. The molecule has 23 heavy (non-hydrogen) atoms. The number of aryl methyl sites for hydroxylation is 1. The number of anilines is 1. The van der Waals surface area contributed by atoms with Crippen LogP contribution in [0.25, 0.3) is 10.9 Å². The van der Waals surface area contributed by atoms with Gasteiger partial charge in [0, 0.05) is 30.6 Å². The van der Waals surface area contributed by atoms with Gasteiger partial charge in [0.15, 0.2) is 0 Å². The summed E-state index contributed by atoms with van der Waals surface area (Å²) in [6.45, 7) is 2.46. The lowest BCUT2D eigenvalue weighted by molar-refractivity contribution is 0.0787. The average Bonchev–Trinajstić information content (AvgIpc) is 2.97. The minimum Gasteiger partial charge on any atom is -0.373 e. The van der Waals surface area contributed by atoms with Crippen LogP contribution in [-0.2, 0) is 6.54 Å². The summed E-state index contributed by atoms with van der Waals surface area (Å²) in [5.74, 6) is 0.651. The normalized spacial score (nSPS) is 10.7. The highest BCUT2D eigenvalue weighted by Crippen LogP contribution is 2.22. The zero-order chi connectivity index (χ0) is 16.4. The van der Waals surface area contributed by atoms with Crippen molar-refractivity contribution in [1.29, 1.82) is 0 Å². The van der Waals surface area contributed by atoms with E-state index in [2.05, 4.69) is 15.3 Å². The van der Waals surface area contributed by atoms with Crippen LogP contribution in [-0.4, -0.2) is 34.9 Å². The Kier molecular flexibility index (Phi) is 4.25. The van der Waals surface area contributed by atoms with Crippen LogP contribution in [0.1, 0.15) is 21.1 Å². The highest BCUT2D eigenvalue weighted by atomic mass is 32.1. The molecule has 0 aliphatic heterocycles. The van der Waals surface area contributed by atoms with Gasteiger partial charge < -0.3 is 10.2 Å². The number of hydrogen-bond donors (Lipinski definition) is 1. The number of para-hydroxylation sites is 1. The Hall–Kier alpha value is -2.47. The summed E-state index contributed by atoms with van der Waals surface area (Å²) in [6.07, 6.45) is 0. The number of carbonyl (C=O) groups excluding carboxylic acids is 1. The maximum atomic E-state index is 12.9. The first-order chi connectivity index (χ1) is 11.1. The van der Waals surface area contributed by atoms with E-state index in [9.17, 15) is 4.79 Å². The van der Waals surface area contributed by atoms with Gasteiger partial charge in [-0.3, -0.25) is 4.79 Å². The second-order valence-corrected chi connectivity index (χ2v) is 6.31. The van der Waals surface area contributed by atoms with E-state index in [1.165, 1.54) is 0 Å². The van der Waals surface area contributed by atoms with Crippen LogP contribution in [0.5, 0.6) is 0 Å². The monoisotopic (exact) mass is 326 g/mol. The lowest BCUT2D eigenvalue weighted by Crippen LogP contribution is -2.26. The van der Waals surface area contributed by atoms with Crippen LogP contribution in [0.4, 0.5) is 5.82 Å². The maximum absolute atomic E-state index is 12.9. The number of rotatable bonds is 4. The zero-order valence-corrected chi connectivity index (χ0v) is 14.1. The molecular formula is C17H18N4OS. The van der Waals surface area contributed by atoms with E-state index in [0.717, 1.165) is 21.6 Å². The van der Waals surface area contributed by atoms with Gasteiger partial charge in [0.25, 0.3) is 5.91 Å². The van der Waals surface area contributed by atoms with E-state index in [1.807, 2.05) is 36.6 Å². The molecule has 3 rings (SSSR count). The largest absolute Gasteiger partial charge is 0.373 e. The van der Waals surface area contributed by atoms with Gasteiger partial charge in [-0.05, 0) is 19.1 Å². The second-order valence-electron chi connectivity index (χ2n) is 5.37. The molecule has 3 aromatic rings. The van der Waals surface area contributed by atoms with Crippen molar-refractivity contribution in [3.05, 3.63) is 52.0 Å². The molecule has 6 heteroatoms. The summed E-state index contributed by atoms with van der Waals surface area (Å²) in [7, 11) is 3.60. The van der Waals surface area contributed by atoms with Gasteiger partial charge in [-0.25, -0.2) is 9.97 Å². The smallest absolute Gasteiger partial charge is 0.254 e. The molecule has 1 amide bonds. The van der Waals surface area contributed by atoms with Gasteiger partial charge in [-0.15, -0.1) is 11.3 Å². The summed E-state index contributed by atoms with van der Waals surface area (Å²) < 4.78 is 0. The molecule has 0 spiro atoms. The van der Waals surface area contributed by atoms with Gasteiger partial charge >= 0.3 is 0 Å². The van der Waals surface area contributed by atoms with Crippen molar-refractivity contribution >= 4 is 34.0 Å². The number of aromatic nitrogens is 2. The molecule has 0 fully saturated rings. The molecule has 1 N–H and O–H groups in total. The van der Waals surface area contributed by atoms with Crippen LogP contribution in [0.2, 0.25) is 0 Å². The Morgan fingerprint density at radius 3 is 2.78 bits per heavy atom. The fourth-order valence-electron chi connectivity index (χ4n) is 2.44. The van der Waals surface area contributed by atoms with Crippen molar-refractivity contribution in [1.82, 2.24) is 14.9 Å². The minimum atomic E-state index is -0.0343. The van der Waals surface area contributed by atoms with Crippen LogP contribution in [0, 0.1) is 6.92 Å². The number of nitrogens with zero attached hydrogens (tertiary/aromatic N) is 3. The number of pyridine rings is 1. The standard InChI is InChI=1S/C17H18N4OS/c1-11-10-23-16(19-11)9-21(3)17(22)13-8-15(18-2)20-14-7-5-4-6-12(13)14/h4-8,10H,9H2,1-3H3,(H,18,20). The van der Waals surface area contributed by atoms with Crippen LogP contribution in [0.3, 0.4) is 0 Å². The van der Waals surface area contributed by atoms with E-state index in [4.69, 9.17) is 0 Å². The number of benzene rings is 1. The predicted molar refractivity (Wildman–Crippen MR) is 93.9 cm³/mol. The maximum Gasteiger partial charge on any atom is 0.254 e. The molecule has 0 aliphatic carbocycles. The number of amides is 1. The quantitative estimate of drug-likeness (QED) is 0.799. The Bertz CT molecular complexity index is 859. The summed E-state index contributed by atoms with van der Waals surface area (Å²) in [5.41, 5.74) is 2.44. The van der Waals surface area contributed by atoms with E-state index >= 15 is 0 Å². The van der Waals surface area contributed by atoms with Gasteiger partial charge in [0.05, 0.1) is 17.6 Å². The van der Waals surface area contributed by atoms with Crippen molar-refractivity contribution in [2.75, 3.05) is 19.4 Å². The molecule has 0 bridgehead atoms. The second kappa shape index (κ2) is 6.34. The predicted octanol–water partition coefficient (Wildman–Crippen LogP) is 3.31. The Balaban J connectivity index is 1.96. The van der Waals surface area contributed by atoms with Crippen molar-refractivity contribution in [3.63, 3.8) is 0 Å². The highest BCUT2D eigenvalue weighted by molar-refractivity contribution is 7.09. The van der Waals surface area contributed by atoms with E-state index < -0.39 is 0 Å². The number of thiazole rings is 1. The number of carbonyl (C=O) groups is 1. The molecule has 0 atom stereocenters. The van der Waals surface area contributed by atoms with Gasteiger partial charge in [0.1, 0.15) is 10.8 Å². The first-order valence-corrected chi connectivity index (χ1v) is 8.20. The molecule has 0 radical (unpaired) electrons. The highest BCUT2D eigenvalue weighted by Gasteiger charge is 2.17. The lowest BCUT2D eigenvalue weighted by Gasteiger charge is -2.17.